The van der Waals surface area contributed by atoms with Gasteiger partial charge in [-0.2, -0.15) is 0 Å². The molecular weight excluding hydrogens is 1190 g/mol. The molecule has 0 aromatic rings. The number of esters is 4. The first-order chi connectivity index (χ1) is 43.2. The van der Waals surface area contributed by atoms with Crippen LogP contribution < -0.4 is 0 Å². The minimum absolute atomic E-state index is 0.0837. The van der Waals surface area contributed by atoms with Crippen LogP contribution in [0.1, 0.15) is 331 Å². The highest BCUT2D eigenvalue weighted by molar-refractivity contribution is 7.47. The van der Waals surface area contributed by atoms with Gasteiger partial charge in [0.15, 0.2) is 12.2 Å². The van der Waals surface area contributed by atoms with E-state index in [0.717, 1.165) is 115 Å². The molecule has 0 amide bonds. The molecule has 530 valence electrons. The SMILES string of the molecule is CCCCCC/C=C\C=C/CCCCCCCC(=O)O[C@H](COC(=O)CCCCCCCCCC(C)C)COP(=O)(O)OCC(O)COP(=O)(O)OC[C@@H](COC(=O)CCCCCCCCCCCCCC(C)C)OC(=O)CCCCCCCCCCC(C)C. The van der Waals surface area contributed by atoms with E-state index < -0.39 is 97.5 Å². The molecule has 3 N–H and O–H groups in total. The minimum Gasteiger partial charge on any atom is -0.462 e. The fourth-order valence-corrected chi connectivity index (χ4v) is 11.8. The molecule has 0 aromatic heterocycles. The van der Waals surface area contributed by atoms with E-state index in [-0.39, 0.29) is 25.7 Å². The van der Waals surface area contributed by atoms with E-state index >= 15 is 0 Å². The van der Waals surface area contributed by atoms with Gasteiger partial charge in [-0.05, 0) is 69.1 Å². The van der Waals surface area contributed by atoms with Crippen LogP contribution in [-0.4, -0.2) is 96.7 Å². The van der Waals surface area contributed by atoms with Crippen LogP contribution in [0.3, 0.4) is 0 Å². The molecule has 0 spiro atoms. The number of unbranched alkanes of at least 4 members (excludes halogenated alkanes) is 32. The number of phosphoric ester groups is 2. The number of phosphoric acid groups is 2. The molecule has 0 rings (SSSR count). The first-order valence-electron chi connectivity index (χ1n) is 36.2. The van der Waals surface area contributed by atoms with Gasteiger partial charge in [-0.15, -0.1) is 0 Å². The summed E-state index contributed by atoms with van der Waals surface area (Å²) in [5.74, 6) is 0.0298. The van der Waals surface area contributed by atoms with Crippen molar-refractivity contribution >= 4 is 39.5 Å². The molecule has 0 aliphatic rings. The number of aliphatic hydroxyl groups excluding tert-OH is 1. The molecule has 90 heavy (non-hydrogen) atoms. The molecular formula is C71H134O17P2. The Kier molecular flexibility index (Phi) is 59.7. The van der Waals surface area contributed by atoms with Crippen LogP contribution in [-0.2, 0) is 65.4 Å². The Morgan fingerprint density at radius 3 is 0.900 bits per heavy atom. The van der Waals surface area contributed by atoms with Gasteiger partial charge in [-0.1, -0.05) is 278 Å². The number of carbonyl (C=O) groups excluding carboxylic acids is 4. The Morgan fingerprint density at radius 2 is 0.600 bits per heavy atom. The van der Waals surface area contributed by atoms with E-state index in [4.69, 9.17) is 37.0 Å². The van der Waals surface area contributed by atoms with Gasteiger partial charge in [0.1, 0.15) is 19.3 Å². The first-order valence-corrected chi connectivity index (χ1v) is 39.2. The summed E-state index contributed by atoms with van der Waals surface area (Å²) in [5.41, 5.74) is 0. The molecule has 0 bridgehead atoms. The second kappa shape index (κ2) is 61.4. The van der Waals surface area contributed by atoms with Crippen LogP contribution in [0.15, 0.2) is 24.3 Å². The smallest absolute Gasteiger partial charge is 0.462 e. The molecule has 0 aliphatic carbocycles. The highest BCUT2D eigenvalue weighted by Crippen LogP contribution is 2.45. The molecule has 0 aromatic carbocycles. The monoisotopic (exact) mass is 1320 g/mol. The second-order valence-electron chi connectivity index (χ2n) is 26.4. The van der Waals surface area contributed by atoms with Crippen molar-refractivity contribution in [2.45, 2.75) is 349 Å². The molecule has 0 saturated heterocycles. The standard InChI is InChI=1S/C71H134O17P2/c1-8-9-10-11-12-13-14-15-16-17-20-24-32-40-47-54-70(75)87-67(59-82-69(74)53-46-39-34-27-30-37-44-51-64(6)7)61-86-90(79,80)84-57-65(72)56-83-89(77,78)85-60-66(88-71(76)55-48-41-33-26-25-29-36-43-50-63(4)5)58-81-68(73)52-45-38-31-23-21-18-19-22-28-35-42-49-62(2)3/h13-16,62-67,72H,8-12,17-61H2,1-7H3,(H,77,78)(H,79,80)/b14-13-,16-15-/t65?,66-,67-/m1/s1. The van der Waals surface area contributed by atoms with E-state index in [2.05, 4.69) is 72.8 Å². The highest BCUT2D eigenvalue weighted by Gasteiger charge is 2.30. The van der Waals surface area contributed by atoms with E-state index in [0.29, 0.717) is 37.5 Å². The maximum atomic E-state index is 13.0. The summed E-state index contributed by atoms with van der Waals surface area (Å²) in [7, 11) is -9.92. The predicted molar refractivity (Wildman–Crippen MR) is 363 cm³/mol. The van der Waals surface area contributed by atoms with Gasteiger partial charge in [0.05, 0.1) is 26.4 Å². The normalized spacial score (nSPS) is 14.4. The summed E-state index contributed by atoms with van der Waals surface area (Å²) in [5, 5.41) is 10.6. The molecule has 17 nitrogen and oxygen atoms in total. The second-order valence-corrected chi connectivity index (χ2v) is 29.3. The average Bonchev–Trinajstić information content (AvgIpc) is 2.99. The van der Waals surface area contributed by atoms with Gasteiger partial charge in [-0.3, -0.25) is 37.3 Å². The predicted octanol–water partition coefficient (Wildman–Crippen LogP) is 19.8. The molecule has 0 heterocycles. The lowest BCUT2D eigenvalue weighted by molar-refractivity contribution is -0.161. The van der Waals surface area contributed by atoms with E-state index in [1.165, 1.54) is 122 Å². The molecule has 0 aliphatic heterocycles. The van der Waals surface area contributed by atoms with Crippen LogP contribution in [0.25, 0.3) is 0 Å². The summed E-state index contributed by atoms with van der Waals surface area (Å²) in [6, 6.07) is 0. The summed E-state index contributed by atoms with van der Waals surface area (Å²) < 4.78 is 68.2. The molecule has 0 saturated carbocycles. The molecule has 0 radical (unpaired) electrons. The third-order valence-electron chi connectivity index (χ3n) is 15.8. The number of aliphatic hydroxyl groups is 1. The molecule has 3 unspecified atom stereocenters. The lowest BCUT2D eigenvalue weighted by Crippen LogP contribution is -2.30. The Bertz CT molecular complexity index is 1860. The van der Waals surface area contributed by atoms with Crippen molar-refractivity contribution in [1.82, 2.24) is 0 Å². The Balaban J connectivity index is 5.28. The Hall–Kier alpha value is -2.46. The van der Waals surface area contributed by atoms with Crippen molar-refractivity contribution in [3.63, 3.8) is 0 Å². The highest BCUT2D eigenvalue weighted by atomic mass is 31.2. The largest absolute Gasteiger partial charge is 0.472 e. The number of allylic oxidation sites excluding steroid dienone is 4. The molecule has 19 heteroatoms. The fraction of sp³-hybridized carbons (Fsp3) is 0.887. The van der Waals surface area contributed by atoms with Gasteiger partial charge in [0.25, 0.3) is 0 Å². The molecule has 0 fully saturated rings. The van der Waals surface area contributed by atoms with Crippen molar-refractivity contribution in [2.24, 2.45) is 17.8 Å². The van der Waals surface area contributed by atoms with Crippen LogP contribution >= 0.6 is 15.6 Å². The quantitative estimate of drug-likeness (QED) is 0.0169. The third kappa shape index (κ3) is 64.3. The minimum atomic E-state index is -4.96. The zero-order valence-corrected chi connectivity index (χ0v) is 59.9. The van der Waals surface area contributed by atoms with Gasteiger partial charge in [0, 0.05) is 25.7 Å². The Morgan fingerprint density at radius 1 is 0.344 bits per heavy atom. The van der Waals surface area contributed by atoms with Crippen molar-refractivity contribution in [2.75, 3.05) is 39.6 Å². The van der Waals surface area contributed by atoms with Gasteiger partial charge in [-0.25, -0.2) is 9.13 Å². The lowest BCUT2D eigenvalue weighted by Gasteiger charge is -2.21. The number of ether oxygens (including phenoxy) is 4. The van der Waals surface area contributed by atoms with Gasteiger partial charge >= 0.3 is 39.5 Å². The first kappa shape index (κ1) is 87.5. The zero-order valence-electron chi connectivity index (χ0n) is 58.1. The van der Waals surface area contributed by atoms with Crippen molar-refractivity contribution < 1.29 is 80.2 Å². The topological polar surface area (TPSA) is 237 Å². The third-order valence-corrected chi connectivity index (χ3v) is 17.7. The lowest BCUT2D eigenvalue weighted by atomic mass is 10.0. The average molecular weight is 1320 g/mol. The van der Waals surface area contributed by atoms with Gasteiger partial charge in [0.2, 0.25) is 0 Å². The van der Waals surface area contributed by atoms with Crippen LogP contribution in [0.2, 0.25) is 0 Å². The van der Waals surface area contributed by atoms with Crippen LogP contribution in [0.4, 0.5) is 0 Å². The van der Waals surface area contributed by atoms with Crippen molar-refractivity contribution in [1.29, 1.82) is 0 Å². The maximum Gasteiger partial charge on any atom is 0.472 e. The maximum absolute atomic E-state index is 13.0. The Labute approximate surface area is 548 Å². The van der Waals surface area contributed by atoms with E-state index in [9.17, 15) is 43.2 Å². The number of hydrogen-bond donors (Lipinski definition) is 3. The number of carbonyl (C=O) groups is 4. The number of hydrogen-bond acceptors (Lipinski definition) is 15. The van der Waals surface area contributed by atoms with E-state index in [1.54, 1.807) is 0 Å². The van der Waals surface area contributed by atoms with Gasteiger partial charge < -0.3 is 33.8 Å². The van der Waals surface area contributed by atoms with E-state index in [1.807, 2.05) is 0 Å². The van der Waals surface area contributed by atoms with Crippen LogP contribution in [0.5, 0.6) is 0 Å². The summed E-state index contributed by atoms with van der Waals surface area (Å²) in [6.07, 6.45) is 48.1. The van der Waals surface area contributed by atoms with Crippen LogP contribution in [0, 0.1) is 17.8 Å². The summed E-state index contributed by atoms with van der Waals surface area (Å²) in [4.78, 5) is 72.5. The summed E-state index contributed by atoms with van der Waals surface area (Å²) >= 11 is 0. The van der Waals surface area contributed by atoms with Crippen molar-refractivity contribution in [3.05, 3.63) is 24.3 Å². The summed E-state index contributed by atoms with van der Waals surface area (Å²) in [6.45, 7) is 11.7. The fourth-order valence-electron chi connectivity index (χ4n) is 10.2. The molecule has 5 atom stereocenters. The number of rotatable bonds is 67. The van der Waals surface area contributed by atoms with Crippen molar-refractivity contribution in [3.8, 4) is 0 Å². The zero-order chi connectivity index (χ0) is 66.6.